The Morgan fingerprint density at radius 2 is 1.88 bits per heavy atom. The fourth-order valence-electron chi connectivity index (χ4n) is 3.45. The van der Waals surface area contributed by atoms with E-state index < -0.39 is 10.1 Å². The second kappa shape index (κ2) is 4.11. The van der Waals surface area contributed by atoms with Gasteiger partial charge in [0.25, 0.3) is 0 Å². The van der Waals surface area contributed by atoms with Crippen molar-refractivity contribution in [2.45, 2.75) is 6.42 Å². The van der Waals surface area contributed by atoms with Gasteiger partial charge in [-0.15, -0.1) is 0 Å². The van der Waals surface area contributed by atoms with E-state index in [1.165, 1.54) is 18.9 Å². The predicted molar refractivity (Wildman–Crippen MR) is 64.1 cm³/mol. The first kappa shape index (κ1) is 12.3. The summed E-state index contributed by atoms with van der Waals surface area (Å²) < 4.78 is 32.9. The average Bonchev–Trinajstić information content (AvgIpc) is 2.11. The minimum Gasteiger partial charge on any atom is -0.748 e. The molecule has 4 bridgehead atoms. The summed E-state index contributed by atoms with van der Waals surface area (Å²) in [6.07, 6.45) is 4.25. The third-order valence-corrected chi connectivity index (χ3v) is 7.12. The highest BCUT2D eigenvalue weighted by Gasteiger charge is 2.48. The maximum absolute atomic E-state index is 10.6. The van der Waals surface area contributed by atoms with Crippen LogP contribution in [0.2, 0.25) is 0 Å². The van der Waals surface area contributed by atoms with Gasteiger partial charge >= 0.3 is 0 Å². The van der Waals surface area contributed by atoms with Gasteiger partial charge in [-0.3, -0.25) is 4.48 Å². The molecule has 4 rings (SSSR count). The van der Waals surface area contributed by atoms with E-state index in [4.69, 9.17) is 0 Å². The standard InChI is InChI=1S/C9H18N3O3PS/c13-17(14,15)3-1-2-12-5-10-4-11(6-12)8-16(7-10)9-12/h1-9H2. The molecule has 2 atom stereocenters. The van der Waals surface area contributed by atoms with Gasteiger partial charge in [-0.1, -0.05) is 0 Å². The summed E-state index contributed by atoms with van der Waals surface area (Å²) in [6, 6.07) is 0. The Bertz CT molecular complexity index is 378. The second-order valence-corrected chi connectivity index (χ2v) is 9.26. The summed E-state index contributed by atoms with van der Waals surface area (Å²) in [5.41, 5.74) is 0. The third kappa shape index (κ3) is 2.64. The molecule has 4 aliphatic rings. The monoisotopic (exact) mass is 279 g/mol. The molecule has 4 fully saturated rings. The Balaban J connectivity index is 1.62. The second-order valence-electron chi connectivity index (χ2n) is 5.54. The van der Waals surface area contributed by atoms with E-state index in [0.717, 1.165) is 31.0 Å². The van der Waals surface area contributed by atoms with E-state index in [9.17, 15) is 13.0 Å². The van der Waals surface area contributed by atoms with Crippen molar-refractivity contribution in [2.75, 3.05) is 51.2 Å². The molecule has 0 N–H and O–H groups in total. The van der Waals surface area contributed by atoms with Gasteiger partial charge in [0.05, 0.1) is 23.3 Å². The topological polar surface area (TPSA) is 63.7 Å². The van der Waals surface area contributed by atoms with Crippen molar-refractivity contribution >= 4 is 18.0 Å². The summed E-state index contributed by atoms with van der Waals surface area (Å²) in [6.45, 7) is 4.02. The van der Waals surface area contributed by atoms with Crippen molar-refractivity contribution in [2.24, 2.45) is 0 Å². The molecule has 8 heteroatoms. The molecule has 98 valence electrons. The molecule has 4 saturated heterocycles. The summed E-state index contributed by atoms with van der Waals surface area (Å²) in [5, 5.41) is 0. The zero-order valence-electron chi connectivity index (χ0n) is 9.79. The fraction of sp³-hybridized carbons (Fsp3) is 1.00. The largest absolute Gasteiger partial charge is 0.748 e. The molecule has 0 aromatic rings. The van der Waals surface area contributed by atoms with Crippen LogP contribution in [0.1, 0.15) is 6.42 Å². The molecule has 4 heterocycles. The number of rotatable bonds is 4. The van der Waals surface area contributed by atoms with Crippen LogP contribution < -0.4 is 0 Å². The Kier molecular flexibility index (Phi) is 2.97. The molecule has 0 aromatic heterocycles. The summed E-state index contributed by atoms with van der Waals surface area (Å²) in [5.74, 6) is -0.203. The van der Waals surface area contributed by atoms with Crippen LogP contribution in [0.5, 0.6) is 0 Å². The van der Waals surface area contributed by atoms with Gasteiger partial charge in [-0.05, 0) is 7.92 Å². The Labute approximate surface area is 103 Å². The van der Waals surface area contributed by atoms with Gasteiger partial charge in [0.15, 0.2) is 0 Å². The van der Waals surface area contributed by atoms with Crippen LogP contribution in [-0.2, 0) is 10.1 Å². The van der Waals surface area contributed by atoms with Crippen molar-refractivity contribution < 1.29 is 17.5 Å². The van der Waals surface area contributed by atoms with E-state index in [1.807, 2.05) is 0 Å². The van der Waals surface area contributed by atoms with Crippen LogP contribution in [0.25, 0.3) is 0 Å². The van der Waals surface area contributed by atoms with Crippen LogP contribution in [0.4, 0.5) is 0 Å². The molecule has 0 aliphatic carbocycles. The molecule has 0 saturated carbocycles. The number of hydrogen-bond donors (Lipinski definition) is 0. The van der Waals surface area contributed by atoms with Gasteiger partial charge in [-0.2, -0.15) is 0 Å². The Hall–Kier alpha value is 0.220. The van der Waals surface area contributed by atoms with Crippen LogP contribution >= 0.6 is 7.92 Å². The molecule has 4 aliphatic heterocycles. The van der Waals surface area contributed by atoms with Gasteiger partial charge < -0.3 is 4.55 Å². The van der Waals surface area contributed by atoms with Crippen LogP contribution in [0.15, 0.2) is 0 Å². The van der Waals surface area contributed by atoms with Crippen molar-refractivity contribution in [1.29, 1.82) is 0 Å². The first-order valence-corrected chi connectivity index (χ1v) is 9.37. The smallest absolute Gasteiger partial charge is 0.137 e. The molecule has 2 unspecified atom stereocenters. The minimum absolute atomic E-state index is 0.0916. The van der Waals surface area contributed by atoms with E-state index in [-0.39, 0.29) is 13.7 Å². The molecule has 0 aromatic carbocycles. The van der Waals surface area contributed by atoms with Gasteiger partial charge in [0.1, 0.15) is 19.6 Å². The van der Waals surface area contributed by atoms with E-state index in [2.05, 4.69) is 9.80 Å². The minimum atomic E-state index is -4.04. The normalized spacial score (nSPS) is 44.2. The van der Waals surface area contributed by atoms with Crippen LogP contribution in [0.3, 0.4) is 0 Å². The zero-order valence-corrected chi connectivity index (χ0v) is 11.5. The predicted octanol–water partition coefficient (Wildman–Crippen LogP) is -0.390. The van der Waals surface area contributed by atoms with E-state index in [0.29, 0.717) is 6.42 Å². The highest BCUT2D eigenvalue weighted by molar-refractivity contribution is 7.85. The number of quaternary nitrogens is 1. The van der Waals surface area contributed by atoms with Crippen molar-refractivity contribution in [3.63, 3.8) is 0 Å². The Morgan fingerprint density at radius 3 is 2.41 bits per heavy atom. The maximum atomic E-state index is 10.6. The SMILES string of the molecule is O=S(=O)([O-])CCC[N+]12CN3CN(CP(C3)C1)C2. The van der Waals surface area contributed by atoms with Crippen molar-refractivity contribution in [3.8, 4) is 0 Å². The van der Waals surface area contributed by atoms with E-state index in [1.54, 1.807) is 0 Å². The fourth-order valence-corrected chi connectivity index (χ4v) is 6.86. The molecular formula is C9H18N3O3PS. The quantitative estimate of drug-likeness (QED) is 0.398. The summed E-state index contributed by atoms with van der Waals surface area (Å²) in [7, 11) is -3.95. The molecular weight excluding hydrogens is 261 g/mol. The molecule has 17 heavy (non-hydrogen) atoms. The molecule has 0 amide bonds. The lowest BCUT2D eigenvalue weighted by atomic mass is 10.3. The highest BCUT2D eigenvalue weighted by atomic mass is 32.2. The first-order chi connectivity index (χ1) is 7.94. The average molecular weight is 279 g/mol. The summed E-state index contributed by atoms with van der Waals surface area (Å²) >= 11 is 0. The lowest BCUT2D eigenvalue weighted by Gasteiger charge is -2.60. The number of hydrogen-bond acceptors (Lipinski definition) is 5. The highest BCUT2D eigenvalue weighted by Crippen LogP contribution is 2.50. The molecule has 0 radical (unpaired) electrons. The zero-order chi connectivity index (χ0) is 12.1. The molecule has 0 spiro atoms. The Morgan fingerprint density at radius 1 is 1.24 bits per heavy atom. The first-order valence-electron chi connectivity index (χ1n) is 5.90. The van der Waals surface area contributed by atoms with Crippen molar-refractivity contribution in [3.05, 3.63) is 0 Å². The third-order valence-electron chi connectivity index (χ3n) is 3.73. The van der Waals surface area contributed by atoms with Gasteiger partial charge in [-0.25, -0.2) is 18.2 Å². The van der Waals surface area contributed by atoms with Crippen LogP contribution in [-0.4, -0.2) is 78.4 Å². The molecule has 6 nitrogen and oxygen atoms in total. The van der Waals surface area contributed by atoms with Crippen molar-refractivity contribution in [1.82, 2.24) is 9.80 Å². The summed E-state index contributed by atoms with van der Waals surface area (Å²) in [4.78, 5) is 4.96. The number of nitrogens with zero attached hydrogens (tertiary/aromatic N) is 3. The lowest BCUT2D eigenvalue weighted by molar-refractivity contribution is -0.948. The van der Waals surface area contributed by atoms with Gasteiger partial charge in [0.2, 0.25) is 0 Å². The maximum Gasteiger partial charge on any atom is 0.137 e. The van der Waals surface area contributed by atoms with Crippen LogP contribution in [0, 0.1) is 0 Å². The lowest BCUT2D eigenvalue weighted by Crippen LogP contribution is -2.72. The van der Waals surface area contributed by atoms with E-state index >= 15 is 0 Å². The van der Waals surface area contributed by atoms with Gasteiger partial charge in [0, 0.05) is 24.7 Å².